The molecule has 0 fully saturated rings. The molecular weight excluding hydrogens is 405 g/mol. The molecule has 164 valence electrons. The maximum absolute atomic E-state index is 13.3. The van der Waals surface area contributed by atoms with Gasteiger partial charge in [-0.25, -0.2) is 12.8 Å². The molecule has 0 radical (unpaired) electrons. The molecule has 1 amide bonds. The molecule has 0 unspecified atom stereocenters. The second-order valence-electron chi connectivity index (χ2n) is 7.33. The molecule has 0 heterocycles. The van der Waals surface area contributed by atoms with Gasteiger partial charge in [0.1, 0.15) is 5.82 Å². The van der Waals surface area contributed by atoms with Gasteiger partial charge in [0, 0.05) is 45.0 Å². The SMILES string of the molecule is CCCC(=O)Nc1ccc(N(C)C)c(CN(CCC)S(=O)(=O)c2ccc(F)cc2)c1. The fourth-order valence-electron chi connectivity index (χ4n) is 3.16. The lowest BCUT2D eigenvalue weighted by molar-refractivity contribution is -0.116. The Balaban J connectivity index is 2.41. The molecule has 0 aliphatic rings. The summed E-state index contributed by atoms with van der Waals surface area (Å²) in [6, 6.07) is 10.3. The zero-order valence-corrected chi connectivity index (χ0v) is 18.8. The molecule has 0 saturated carbocycles. The van der Waals surface area contributed by atoms with Crippen molar-refractivity contribution in [2.75, 3.05) is 30.9 Å². The van der Waals surface area contributed by atoms with Crippen molar-refractivity contribution < 1.29 is 17.6 Å². The van der Waals surface area contributed by atoms with Gasteiger partial charge in [-0.3, -0.25) is 4.79 Å². The quantitative estimate of drug-likeness (QED) is 0.606. The molecule has 0 aromatic heterocycles. The second kappa shape index (κ2) is 10.5. The molecule has 0 aliphatic heterocycles. The first-order valence-corrected chi connectivity index (χ1v) is 11.5. The summed E-state index contributed by atoms with van der Waals surface area (Å²) in [6.07, 6.45) is 1.80. The summed E-state index contributed by atoms with van der Waals surface area (Å²) < 4.78 is 41.0. The number of amides is 1. The summed E-state index contributed by atoms with van der Waals surface area (Å²) in [5.74, 6) is -0.563. The summed E-state index contributed by atoms with van der Waals surface area (Å²) in [6.45, 7) is 4.29. The molecule has 2 aromatic carbocycles. The lowest BCUT2D eigenvalue weighted by Gasteiger charge is -2.25. The number of nitrogens with zero attached hydrogens (tertiary/aromatic N) is 2. The van der Waals surface area contributed by atoms with E-state index in [-0.39, 0.29) is 17.3 Å². The van der Waals surface area contributed by atoms with Gasteiger partial charge < -0.3 is 10.2 Å². The summed E-state index contributed by atoms with van der Waals surface area (Å²) in [5, 5.41) is 2.86. The Morgan fingerprint density at radius 3 is 2.27 bits per heavy atom. The van der Waals surface area contributed by atoms with Crippen LogP contribution in [0.4, 0.5) is 15.8 Å². The van der Waals surface area contributed by atoms with Crippen molar-refractivity contribution in [1.82, 2.24) is 4.31 Å². The Hall–Kier alpha value is -2.45. The minimum absolute atomic E-state index is 0.0520. The van der Waals surface area contributed by atoms with Gasteiger partial charge in [-0.2, -0.15) is 4.31 Å². The number of hydrogen-bond acceptors (Lipinski definition) is 4. The van der Waals surface area contributed by atoms with Crippen LogP contribution in [-0.4, -0.2) is 39.3 Å². The van der Waals surface area contributed by atoms with Gasteiger partial charge in [0.2, 0.25) is 15.9 Å². The molecule has 2 aromatic rings. The average molecular weight is 436 g/mol. The zero-order valence-electron chi connectivity index (χ0n) is 18.0. The summed E-state index contributed by atoms with van der Waals surface area (Å²) >= 11 is 0. The highest BCUT2D eigenvalue weighted by atomic mass is 32.2. The van der Waals surface area contributed by atoms with Gasteiger partial charge >= 0.3 is 0 Å². The van der Waals surface area contributed by atoms with Crippen molar-refractivity contribution in [1.29, 1.82) is 0 Å². The summed E-state index contributed by atoms with van der Waals surface area (Å²) in [4.78, 5) is 13.9. The second-order valence-corrected chi connectivity index (χ2v) is 9.27. The van der Waals surface area contributed by atoms with E-state index in [1.807, 2.05) is 51.0 Å². The molecule has 0 spiro atoms. The van der Waals surface area contributed by atoms with Crippen LogP contribution in [-0.2, 0) is 21.4 Å². The summed E-state index contributed by atoms with van der Waals surface area (Å²) in [5.41, 5.74) is 2.26. The van der Waals surface area contributed by atoms with E-state index in [0.29, 0.717) is 25.1 Å². The van der Waals surface area contributed by atoms with E-state index in [9.17, 15) is 17.6 Å². The first-order chi connectivity index (χ1) is 14.2. The van der Waals surface area contributed by atoms with Crippen molar-refractivity contribution in [3.8, 4) is 0 Å². The molecular formula is C22H30FN3O3S. The predicted molar refractivity (Wildman–Crippen MR) is 119 cm³/mol. The monoisotopic (exact) mass is 435 g/mol. The molecule has 0 saturated heterocycles. The Labute approximate surface area is 178 Å². The fourth-order valence-corrected chi connectivity index (χ4v) is 4.67. The number of carbonyl (C=O) groups excluding carboxylic acids is 1. The van der Waals surface area contributed by atoms with E-state index in [1.54, 1.807) is 0 Å². The topological polar surface area (TPSA) is 69.7 Å². The van der Waals surface area contributed by atoms with Crippen molar-refractivity contribution in [3.05, 3.63) is 53.8 Å². The van der Waals surface area contributed by atoms with Gasteiger partial charge in [0.25, 0.3) is 0 Å². The number of hydrogen-bond donors (Lipinski definition) is 1. The van der Waals surface area contributed by atoms with Gasteiger partial charge in [-0.1, -0.05) is 13.8 Å². The first-order valence-electron chi connectivity index (χ1n) is 10.0. The number of nitrogens with one attached hydrogen (secondary N) is 1. The first kappa shape index (κ1) is 23.8. The number of rotatable bonds is 10. The number of anilines is 2. The third kappa shape index (κ3) is 6.03. The van der Waals surface area contributed by atoms with Gasteiger partial charge in [-0.05, 0) is 60.9 Å². The maximum Gasteiger partial charge on any atom is 0.243 e. The molecule has 0 atom stereocenters. The third-order valence-corrected chi connectivity index (χ3v) is 6.45. The standard InChI is InChI=1S/C22H30FN3O3S/c1-5-7-22(27)24-19-10-13-21(25(3)4)17(15-19)16-26(14-6-2)30(28,29)20-11-8-18(23)9-12-20/h8-13,15H,5-7,14,16H2,1-4H3,(H,24,27). The highest BCUT2D eigenvalue weighted by Gasteiger charge is 2.25. The number of halogens is 1. The normalized spacial score (nSPS) is 11.5. The lowest BCUT2D eigenvalue weighted by atomic mass is 10.1. The smallest absolute Gasteiger partial charge is 0.243 e. The minimum atomic E-state index is -3.80. The van der Waals surface area contributed by atoms with E-state index in [1.165, 1.54) is 16.4 Å². The fraction of sp³-hybridized carbons (Fsp3) is 0.409. The molecule has 1 N–H and O–H groups in total. The van der Waals surface area contributed by atoms with E-state index in [2.05, 4.69) is 5.32 Å². The third-order valence-electron chi connectivity index (χ3n) is 4.59. The Kier molecular flexibility index (Phi) is 8.37. The Morgan fingerprint density at radius 1 is 1.03 bits per heavy atom. The van der Waals surface area contributed by atoms with E-state index >= 15 is 0 Å². The zero-order chi connectivity index (χ0) is 22.3. The molecule has 0 bridgehead atoms. The van der Waals surface area contributed by atoms with Gasteiger partial charge in [0.15, 0.2) is 0 Å². The van der Waals surface area contributed by atoms with Crippen molar-refractivity contribution in [2.45, 2.75) is 44.6 Å². The highest BCUT2D eigenvalue weighted by Crippen LogP contribution is 2.27. The van der Waals surface area contributed by atoms with Crippen LogP contribution in [0.5, 0.6) is 0 Å². The van der Waals surface area contributed by atoms with Crippen LogP contribution < -0.4 is 10.2 Å². The minimum Gasteiger partial charge on any atom is -0.377 e. The van der Waals surface area contributed by atoms with Crippen LogP contribution in [0.15, 0.2) is 47.4 Å². The molecule has 6 nitrogen and oxygen atoms in total. The Bertz CT molecular complexity index is 960. The van der Waals surface area contributed by atoms with Crippen LogP contribution in [0, 0.1) is 5.82 Å². The van der Waals surface area contributed by atoms with E-state index in [4.69, 9.17) is 0 Å². The van der Waals surface area contributed by atoms with Gasteiger partial charge in [0.05, 0.1) is 4.90 Å². The van der Waals surface area contributed by atoms with E-state index < -0.39 is 15.8 Å². The van der Waals surface area contributed by atoms with Crippen LogP contribution >= 0.6 is 0 Å². The molecule has 0 aliphatic carbocycles. The summed E-state index contributed by atoms with van der Waals surface area (Å²) in [7, 11) is -0.0408. The number of carbonyl (C=O) groups is 1. The molecule has 30 heavy (non-hydrogen) atoms. The molecule has 2 rings (SSSR count). The van der Waals surface area contributed by atoms with Crippen molar-refractivity contribution in [3.63, 3.8) is 0 Å². The number of benzene rings is 2. The van der Waals surface area contributed by atoms with Crippen LogP contribution in [0.3, 0.4) is 0 Å². The maximum atomic E-state index is 13.3. The highest BCUT2D eigenvalue weighted by molar-refractivity contribution is 7.89. The van der Waals surface area contributed by atoms with Crippen LogP contribution in [0.1, 0.15) is 38.7 Å². The van der Waals surface area contributed by atoms with Crippen molar-refractivity contribution in [2.24, 2.45) is 0 Å². The van der Waals surface area contributed by atoms with Crippen LogP contribution in [0.25, 0.3) is 0 Å². The Morgan fingerprint density at radius 2 is 1.70 bits per heavy atom. The van der Waals surface area contributed by atoms with Crippen molar-refractivity contribution >= 4 is 27.3 Å². The lowest BCUT2D eigenvalue weighted by Crippen LogP contribution is -2.32. The van der Waals surface area contributed by atoms with E-state index in [0.717, 1.165) is 29.8 Å². The molecule has 8 heteroatoms. The average Bonchev–Trinajstić information content (AvgIpc) is 2.68. The predicted octanol–water partition coefficient (Wildman–Crippen LogP) is 4.23. The number of sulfonamides is 1. The van der Waals surface area contributed by atoms with Crippen LogP contribution in [0.2, 0.25) is 0 Å². The largest absolute Gasteiger partial charge is 0.377 e. The van der Waals surface area contributed by atoms with Gasteiger partial charge in [-0.15, -0.1) is 0 Å².